The molecular formula is C18H20Cl2S2. The van der Waals surface area contributed by atoms with Gasteiger partial charge < -0.3 is 0 Å². The molecule has 0 nitrogen and oxygen atoms in total. The molecule has 2 aromatic rings. The van der Waals surface area contributed by atoms with Crippen LogP contribution in [-0.2, 0) is 0 Å². The Morgan fingerprint density at radius 3 is 1.50 bits per heavy atom. The van der Waals surface area contributed by atoms with Gasteiger partial charge in [-0.2, -0.15) is 23.5 Å². The number of benzene rings is 2. The van der Waals surface area contributed by atoms with Gasteiger partial charge in [-0.15, -0.1) is 0 Å². The molecule has 2 atom stereocenters. The van der Waals surface area contributed by atoms with Crippen molar-refractivity contribution in [2.75, 3.05) is 11.5 Å². The number of rotatable bonds is 7. The third-order valence-corrected chi connectivity index (χ3v) is 6.44. The Hall–Kier alpha value is -0.280. The molecule has 0 unspecified atom stereocenters. The summed E-state index contributed by atoms with van der Waals surface area (Å²) in [6.07, 6.45) is 0. The first kappa shape index (κ1) is 18.1. The van der Waals surface area contributed by atoms with Gasteiger partial charge in [-0.25, -0.2) is 0 Å². The molecule has 0 N–H and O–H groups in total. The third kappa shape index (κ3) is 4.86. The van der Waals surface area contributed by atoms with Gasteiger partial charge in [0.1, 0.15) is 0 Å². The Morgan fingerprint density at radius 2 is 1.18 bits per heavy atom. The van der Waals surface area contributed by atoms with Gasteiger partial charge in [0.15, 0.2) is 0 Å². The first-order valence-electron chi connectivity index (χ1n) is 7.39. The van der Waals surface area contributed by atoms with Crippen molar-refractivity contribution in [3.05, 3.63) is 69.7 Å². The van der Waals surface area contributed by atoms with Crippen molar-refractivity contribution in [2.45, 2.75) is 24.3 Å². The van der Waals surface area contributed by atoms with Crippen LogP contribution in [0.5, 0.6) is 0 Å². The molecular weight excluding hydrogens is 351 g/mol. The minimum absolute atomic E-state index is 0.368. The Labute approximate surface area is 152 Å². The highest BCUT2D eigenvalue weighted by Crippen LogP contribution is 2.48. The fraction of sp³-hybridized carbons (Fsp3) is 0.333. The maximum Gasteiger partial charge on any atom is 0.0457 e. The maximum absolute atomic E-state index is 6.20. The zero-order chi connectivity index (χ0) is 15.9. The summed E-state index contributed by atoms with van der Waals surface area (Å²) >= 11 is 16.3. The van der Waals surface area contributed by atoms with E-state index in [0.717, 1.165) is 21.6 Å². The highest BCUT2D eigenvalue weighted by molar-refractivity contribution is 8.03. The summed E-state index contributed by atoms with van der Waals surface area (Å²) in [6.45, 7) is 4.40. The highest BCUT2D eigenvalue weighted by atomic mass is 35.5. The molecule has 0 saturated carbocycles. The molecule has 0 amide bonds. The van der Waals surface area contributed by atoms with Gasteiger partial charge in [-0.3, -0.25) is 0 Å². The zero-order valence-corrected chi connectivity index (χ0v) is 15.9. The van der Waals surface area contributed by atoms with Crippen LogP contribution in [0.3, 0.4) is 0 Å². The molecule has 0 radical (unpaired) electrons. The van der Waals surface area contributed by atoms with Gasteiger partial charge in [0.25, 0.3) is 0 Å². The van der Waals surface area contributed by atoms with Gasteiger partial charge in [-0.1, -0.05) is 61.3 Å². The maximum atomic E-state index is 6.20. The molecule has 2 aromatic carbocycles. The van der Waals surface area contributed by atoms with Crippen molar-refractivity contribution >= 4 is 46.7 Å². The minimum Gasteiger partial charge on any atom is -0.153 e. The van der Waals surface area contributed by atoms with Crippen LogP contribution in [0.15, 0.2) is 48.5 Å². The Kier molecular flexibility index (Phi) is 7.49. The number of thioether (sulfide) groups is 2. The van der Waals surface area contributed by atoms with E-state index in [0.29, 0.717) is 10.5 Å². The first-order chi connectivity index (χ1) is 10.7. The second-order valence-corrected chi connectivity index (χ2v) is 8.57. The standard InChI is InChI=1S/C18H20Cl2S2/c1-3-21-17(13-7-5-9-15(19)11-13)18(22-4-2)14-8-6-10-16(20)12-14/h5-12,17-18H,3-4H2,1-2H3/t17-,18+. The van der Waals surface area contributed by atoms with Crippen molar-refractivity contribution in [3.63, 3.8) is 0 Å². The van der Waals surface area contributed by atoms with Gasteiger partial charge in [0, 0.05) is 20.5 Å². The van der Waals surface area contributed by atoms with Crippen LogP contribution in [0.25, 0.3) is 0 Å². The molecule has 0 bridgehead atoms. The Morgan fingerprint density at radius 1 is 0.773 bits per heavy atom. The predicted octanol–water partition coefficient (Wildman–Crippen LogP) is 7.28. The van der Waals surface area contributed by atoms with E-state index < -0.39 is 0 Å². The van der Waals surface area contributed by atoms with Crippen molar-refractivity contribution < 1.29 is 0 Å². The van der Waals surface area contributed by atoms with E-state index in [4.69, 9.17) is 23.2 Å². The molecule has 0 aliphatic carbocycles. The molecule has 0 aliphatic heterocycles. The minimum atomic E-state index is 0.368. The van der Waals surface area contributed by atoms with E-state index in [2.05, 4.69) is 38.1 Å². The number of hydrogen-bond donors (Lipinski definition) is 0. The monoisotopic (exact) mass is 370 g/mol. The molecule has 4 heteroatoms. The Bertz CT molecular complexity index is 548. The highest BCUT2D eigenvalue weighted by Gasteiger charge is 2.25. The van der Waals surface area contributed by atoms with Crippen LogP contribution in [0.4, 0.5) is 0 Å². The number of halogens is 2. The lowest BCUT2D eigenvalue weighted by atomic mass is 10.0. The topological polar surface area (TPSA) is 0 Å². The molecule has 22 heavy (non-hydrogen) atoms. The van der Waals surface area contributed by atoms with Crippen LogP contribution < -0.4 is 0 Å². The molecule has 0 saturated heterocycles. The largest absolute Gasteiger partial charge is 0.153 e. The van der Waals surface area contributed by atoms with Crippen LogP contribution in [0.1, 0.15) is 35.5 Å². The van der Waals surface area contributed by atoms with Crippen molar-refractivity contribution in [1.29, 1.82) is 0 Å². The average molecular weight is 371 g/mol. The van der Waals surface area contributed by atoms with Gasteiger partial charge in [0.2, 0.25) is 0 Å². The average Bonchev–Trinajstić information content (AvgIpc) is 2.51. The fourth-order valence-corrected chi connectivity index (χ4v) is 5.37. The van der Waals surface area contributed by atoms with Gasteiger partial charge in [0.05, 0.1) is 0 Å². The molecule has 0 fully saturated rings. The van der Waals surface area contributed by atoms with E-state index in [1.165, 1.54) is 11.1 Å². The fourth-order valence-electron chi connectivity index (χ4n) is 2.44. The van der Waals surface area contributed by atoms with E-state index >= 15 is 0 Å². The van der Waals surface area contributed by atoms with Crippen LogP contribution in [-0.4, -0.2) is 11.5 Å². The lowest BCUT2D eigenvalue weighted by molar-refractivity contribution is 0.905. The predicted molar refractivity (Wildman–Crippen MR) is 105 cm³/mol. The number of hydrogen-bond acceptors (Lipinski definition) is 2. The first-order valence-corrected chi connectivity index (χ1v) is 10.2. The van der Waals surface area contributed by atoms with E-state index in [-0.39, 0.29) is 0 Å². The molecule has 0 aliphatic rings. The summed E-state index contributed by atoms with van der Waals surface area (Å²) in [5.41, 5.74) is 2.57. The van der Waals surface area contributed by atoms with Gasteiger partial charge in [-0.05, 0) is 46.9 Å². The summed E-state index contributed by atoms with van der Waals surface area (Å²) in [6, 6.07) is 16.4. The van der Waals surface area contributed by atoms with E-state index in [9.17, 15) is 0 Å². The van der Waals surface area contributed by atoms with E-state index in [1.807, 2.05) is 47.8 Å². The summed E-state index contributed by atoms with van der Waals surface area (Å²) in [5.74, 6) is 2.14. The molecule has 0 heterocycles. The smallest absolute Gasteiger partial charge is 0.0457 e. The summed E-state index contributed by atoms with van der Waals surface area (Å²) in [5, 5.41) is 2.33. The second kappa shape index (κ2) is 9.12. The van der Waals surface area contributed by atoms with Crippen LogP contribution >= 0.6 is 46.7 Å². The quantitative estimate of drug-likeness (QED) is 0.501. The van der Waals surface area contributed by atoms with Crippen LogP contribution in [0, 0.1) is 0 Å². The molecule has 118 valence electrons. The summed E-state index contributed by atoms with van der Waals surface area (Å²) in [7, 11) is 0. The zero-order valence-electron chi connectivity index (χ0n) is 12.8. The third-order valence-electron chi connectivity index (χ3n) is 3.32. The molecule has 2 rings (SSSR count). The lowest BCUT2D eigenvalue weighted by Crippen LogP contribution is -2.07. The van der Waals surface area contributed by atoms with Crippen molar-refractivity contribution in [2.24, 2.45) is 0 Å². The normalized spacial score (nSPS) is 13.8. The molecule has 0 aromatic heterocycles. The SMILES string of the molecule is CCS[C@H](c1cccc(Cl)c1)[C@@H](SCC)c1cccc(Cl)c1. The van der Waals surface area contributed by atoms with Crippen molar-refractivity contribution in [1.82, 2.24) is 0 Å². The van der Waals surface area contributed by atoms with Crippen LogP contribution in [0.2, 0.25) is 10.0 Å². The van der Waals surface area contributed by atoms with Gasteiger partial charge >= 0.3 is 0 Å². The summed E-state index contributed by atoms with van der Waals surface area (Å²) < 4.78 is 0. The Balaban J connectivity index is 2.41. The summed E-state index contributed by atoms with van der Waals surface area (Å²) in [4.78, 5) is 0. The lowest BCUT2D eigenvalue weighted by Gasteiger charge is -2.27. The second-order valence-electron chi connectivity index (χ2n) is 4.86. The van der Waals surface area contributed by atoms with Crippen molar-refractivity contribution in [3.8, 4) is 0 Å². The molecule has 0 spiro atoms. The van der Waals surface area contributed by atoms with E-state index in [1.54, 1.807) is 0 Å².